The number of carbonyl (C=O) groups is 2. The standard InChI is InChI=1S/C21H20N4O3/c1-13-7-6-10-16(14(13)2)23-20(26)18-11-12-19(25-24-18)22-17-9-5-4-8-15(17)21(27)28-3/h4-12H,1-3H3,(H,22,25)(H,23,26). The first-order chi connectivity index (χ1) is 13.5. The highest BCUT2D eigenvalue weighted by Crippen LogP contribution is 2.21. The van der Waals surface area contributed by atoms with Crippen LogP contribution in [0.15, 0.2) is 54.6 Å². The minimum absolute atomic E-state index is 0.188. The topological polar surface area (TPSA) is 93.2 Å². The van der Waals surface area contributed by atoms with Crippen LogP contribution in [-0.2, 0) is 4.74 Å². The Morgan fingerprint density at radius 1 is 0.893 bits per heavy atom. The smallest absolute Gasteiger partial charge is 0.339 e. The molecule has 0 aliphatic heterocycles. The van der Waals surface area contributed by atoms with Gasteiger partial charge >= 0.3 is 5.97 Å². The first kappa shape index (κ1) is 19.0. The van der Waals surface area contributed by atoms with E-state index < -0.39 is 5.97 Å². The lowest BCUT2D eigenvalue weighted by atomic mass is 10.1. The van der Waals surface area contributed by atoms with E-state index >= 15 is 0 Å². The van der Waals surface area contributed by atoms with Gasteiger partial charge in [0.25, 0.3) is 5.91 Å². The van der Waals surface area contributed by atoms with Crippen molar-refractivity contribution in [2.24, 2.45) is 0 Å². The van der Waals surface area contributed by atoms with Crippen molar-refractivity contribution >= 4 is 29.1 Å². The van der Waals surface area contributed by atoms with Crippen LogP contribution >= 0.6 is 0 Å². The zero-order chi connectivity index (χ0) is 20.1. The number of aromatic nitrogens is 2. The van der Waals surface area contributed by atoms with Crippen molar-refractivity contribution in [1.82, 2.24) is 10.2 Å². The first-order valence-electron chi connectivity index (χ1n) is 8.65. The number of esters is 1. The van der Waals surface area contributed by atoms with Crippen LogP contribution in [0.2, 0.25) is 0 Å². The first-order valence-corrected chi connectivity index (χ1v) is 8.65. The second-order valence-electron chi connectivity index (χ2n) is 6.17. The minimum atomic E-state index is -0.458. The summed E-state index contributed by atoms with van der Waals surface area (Å²) in [4.78, 5) is 24.3. The molecule has 0 unspecified atom stereocenters. The Labute approximate surface area is 162 Å². The molecule has 1 aromatic heterocycles. The molecule has 7 nitrogen and oxygen atoms in total. The van der Waals surface area contributed by atoms with E-state index in [4.69, 9.17) is 4.74 Å². The molecule has 1 heterocycles. The number of ether oxygens (including phenoxy) is 1. The van der Waals surface area contributed by atoms with Gasteiger partial charge < -0.3 is 15.4 Å². The van der Waals surface area contributed by atoms with Crippen LogP contribution in [0, 0.1) is 13.8 Å². The maximum absolute atomic E-state index is 12.4. The van der Waals surface area contributed by atoms with E-state index in [-0.39, 0.29) is 11.6 Å². The number of para-hydroxylation sites is 1. The van der Waals surface area contributed by atoms with Gasteiger partial charge in [-0.15, -0.1) is 10.2 Å². The summed E-state index contributed by atoms with van der Waals surface area (Å²) in [6.07, 6.45) is 0. The Bertz CT molecular complexity index is 1020. The van der Waals surface area contributed by atoms with Gasteiger partial charge in [0.1, 0.15) is 0 Å². The Morgan fingerprint density at radius 3 is 2.36 bits per heavy atom. The number of hydrogen-bond acceptors (Lipinski definition) is 6. The lowest BCUT2D eigenvalue weighted by molar-refractivity contribution is 0.0601. The predicted octanol–water partition coefficient (Wildman–Crippen LogP) is 3.88. The van der Waals surface area contributed by atoms with E-state index in [1.54, 1.807) is 36.4 Å². The number of amides is 1. The summed E-state index contributed by atoms with van der Waals surface area (Å²) in [5, 5.41) is 13.9. The molecule has 0 fully saturated rings. The Morgan fingerprint density at radius 2 is 1.64 bits per heavy atom. The molecule has 142 valence electrons. The highest BCUT2D eigenvalue weighted by Gasteiger charge is 2.13. The Kier molecular flexibility index (Phi) is 5.64. The number of anilines is 3. The van der Waals surface area contributed by atoms with Crippen molar-refractivity contribution in [3.05, 3.63) is 77.0 Å². The van der Waals surface area contributed by atoms with E-state index in [0.717, 1.165) is 16.8 Å². The van der Waals surface area contributed by atoms with Gasteiger partial charge in [-0.05, 0) is 55.3 Å². The number of benzene rings is 2. The van der Waals surface area contributed by atoms with Crippen LogP contribution in [0.25, 0.3) is 0 Å². The average Bonchev–Trinajstić information content (AvgIpc) is 2.71. The zero-order valence-electron chi connectivity index (χ0n) is 15.8. The van der Waals surface area contributed by atoms with E-state index in [0.29, 0.717) is 17.1 Å². The summed E-state index contributed by atoms with van der Waals surface area (Å²) in [6, 6.07) is 15.8. The molecule has 0 spiro atoms. The quantitative estimate of drug-likeness (QED) is 0.657. The van der Waals surface area contributed by atoms with Crippen LogP contribution in [0.5, 0.6) is 0 Å². The van der Waals surface area contributed by atoms with Crippen molar-refractivity contribution in [3.8, 4) is 0 Å². The highest BCUT2D eigenvalue weighted by atomic mass is 16.5. The maximum Gasteiger partial charge on any atom is 0.339 e. The molecular formula is C21H20N4O3. The largest absolute Gasteiger partial charge is 0.465 e. The fourth-order valence-electron chi connectivity index (χ4n) is 2.61. The lowest BCUT2D eigenvalue weighted by Gasteiger charge is -2.11. The number of nitrogens with one attached hydrogen (secondary N) is 2. The van der Waals surface area contributed by atoms with Crippen molar-refractivity contribution in [2.45, 2.75) is 13.8 Å². The van der Waals surface area contributed by atoms with Gasteiger partial charge in [0, 0.05) is 5.69 Å². The van der Waals surface area contributed by atoms with Gasteiger partial charge in [0.05, 0.1) is 18.4 Å². The van der Waals surface area contributed by atoms with Gasteiger partial charge in [-0.1, -0.05) is 24.3 Å². The van der Waals surface area contributed by atoms with E-state index in [2.05, 4.69) is 20.8 Å². The molecule has 0 saturated heterocycles. The number of aryl methyl sites for hydroxylation is 1. The monoisotopic (exact) mass is 376 g/mol. The molecule has 28 heavy (non-hydrogen) atoms. The Hall–Kier alpha value is -3.74. The van der Waals surface area contributed by atoms with Crippen molar-refractivity contribution < 1.29 is 14.3 Å². The molecule has 0 saturated carbocycles. The lowest BCUT2D eigenvalue weighted by Crippen LogP contribution is -2.15. The predicted molar refractivity (Wildman–Crippen MR) is 107 cm³/mol. The second kappa shape index (κ2) is 8.30. The summed E-state index contributed by atoms with van der Waals surface area (Å²) in [7, 11) is 1.32. The third-order valence-electron chi connectivity index (χ3n) is 4.35. The second-order valence-corrected chi connectivity index (χ2v) is 6.17. The molecule has 2 aromatic carbocycles. The number of methoxy groups -OCH3 is 1. The molecule has 1 amide bonds. The fraction of sp³-hybridized carbons (Fsp3) is 0.143. The summed E-state index contributed by atoms with van der Waals surface area (Å²) in [5.74, 6) is -0.400. The van der Waals surface area contributed by atoms with Crippen LogP contribution in [-0.4, -0.2) is 29.2 Å². The number of nitrogens with zero attached hydrogens (tertiary/aromatic N) is 2. The van der Waals surface area contributed by atoms with Crippen LogP contribution in [0.1, 0.15) is 32.0 Å². The summed E-state index contributed by atoms with van der Waals surface area (Å²) in [6.45, 7) is 3.93. The van der Waals surface area contributed by atoms with Gasteiger partial charge in [-0.25, -0.2) is 4.79 Å². The van der Waals surface area contributed by atoms with Crippen molar-refractivity contribution in [2.75, 3.05) is 17.7 Å². The normalized spacial score (nSPS) is 10.2. The molecule has 0 radical (unpaired) electrons. The van der Waals surface area contributed by atoms with E-state index in [9.17, 15) is 9.59 Å². The SMILES string of the molecule is COC(=O)c1ccccc1Nc1ccc(C(=O)Nc2cccc(C)c2C)nn1. The zero-order valence-corrected chi connectivity index (χ0v) is 15.8. The number of carbonyl (C=O) groups excluding carboxylic acids is 2. The third kappa shape index (κ3) is 4.15. The van der Waals surface area contributed by atoms with Gasteiger partial charge in [-0.3, -0.25) is 4.79 Å². The van der Waals surface area contributed by atoms with E-state index in [1.165, 1.54) is 7.11 Å². The molecule has 3 rings (SSSR count). The van der Waals surface area contributed by atoms with Gasteiger partial charge in [-0.2, -0.15) is 0 Å². The van der Waals surface area contributed by atoms with E-state index in [1.807, 2.05) is 32.0 Å². The van der Waals surface area contributed by atoms with Gasteiger partial charge in [0.15, 0.2) is 11.5 Å². The van der Waals surface area contributed by atoms with Gasteiger partial charge in [0.2, 0.25) is 0 Å². The summed E-state index contributed by atoms with van der Waals surface area (Å²) >= 11 is 0. The highest BCUT2D eigenvalue weighted by molar-refractivity contribution is 6.03. The van der Waals surface area contributed by atoms with Crippen molar-refractivity contribution in [3.63, 3.8) is 0 Å². The molecule has 0 bridgehead atoms. The molecular weight excluding hydrogens is 356 g/mol. The summed E-state index contributed by atoms with van der Waals surface area (Å²) in [5.41, 5.74) is 3.93. The number of rotatable bonds is 5. The van der Waals surface area contributed by atoms with Crippen molar-refractivity contribution in [1.29, 1.82) is 0 Å². The van der Waals surface area contributed by atoms with Crippen LogP contribution in [0.4, 0.5) is 17.2 Å². The molecule has 3 aromatic rings. The third-order valence-corrected chi connectivity index (χ3v) is 4.35. The molecule has 2 N–H and O–H groups in total. The summed E-state index contributed by atoms with van der Waals surface area (Å²) < 4.78 is 4.77. The molecule has 0 aliphatic carbocycles. The number of hydrogen-bond donors (Lipinski definition) is 2. The van der Waals surface area contributed by atoms with Crippen LogP contribution in [0.3, 0.4) is 0 Å². The molecule has 0 aliphatic rings. The maximum atomic E-state index is 12.4. The fourth-order valence-corrected chi connectivity index (χ4v) is 2.61. The van der Waals surface area contributed by atoms with Crippen LogP contribution < -0.4 is 10.6 Å². The minimum Gasteiger partial charge on any atom is -0.465 e. The molecule has 0 atom stereocenters. The average molecular weight is 376 g/mol. The molecule has 7 heteroatoms. The Balaban J connectivity index is 1.74.